The standard InChI is InChI=1S/C22H17F6NO2/c1-29(14-20(30)31)10-9-17(16-5-3-2-4-6-16)8-7-15-11-18(21(23,24)25)13-19(12-15)22(26,27)28/h2-6,9,11-13H,10,14H2,1H3,(H,30,31). The minimum atomic E-state index is -4.96. The zero-order valence-electron chi connectivity index (χ0n) is 16.2. The van der Waals surface area contributed by atoms with Gasteiger partial charge in [-0.15, -0.1) is 0 Å². The van der Waals surface area contributed by atoms with Crippen LogP contribution in [0.4, 0.5) is 26.3 Å². The maximum atomic E-state index is 13.0. The lowest BCUT2D eigenvalue weighted by Gasteiger charge is -2.12. The summed E-state index contributed by atoms with van der Waals surface area (Å²) < 4.78 is 78.2. The molecule has 0 saturated carbocycles. The van der Waals surface area contributed by atoms with Gasteiger partial charge >= 0.3 is 18.3 Å². The van der Waals surface area contributed by atoms with E-state index in [9.17, 15) is 31.1 Å². The number of hydrogen-bond donors (Lipinski definition) is 1. The largest absolute Gasteiger partial charge is 0.480 e. The SMILES string of the molecule is CN(CC=C(C#Cc1cc(C(F)(F)F)cc(C(F)(F)F)c1)c1ccccc1)CC(=O)O. The van der Waals surface area contributed by atoms with Crippen molar-refractivity contribution in [3.05, 3.63) is 76.9 Å². The maximum Gasteiger partial charge on any atom is 0.416 e. The quantitative estimate of drug-likeness (QED) is 0.514. The molecule has 1 N–H and O–H groups in total. The van der Waals surface area contributed by atoms with Crippen LogP contribution in [0.2, 0.25) is 0 Å². The number of alkyl halides is 6. The summed E-state index contributed by atoms with van der Waals surface area (Å²) >= 11 is 0. The molecular formula is C22H17F6NO2. The van der Waals surface area contributed by atoms with Gasteiger partial charge in [-0.1, -0.05) is 48.2 Å². The minimum absolute atomic E-state index is 0.0417. The summed E-state index contributed by atoms with van der Waals surface area (Å²) in [5, 5.41) is 8.83. The molecule has 0 atom stereocenters. The van der Waals surface area contributed by atoms with Crippen LogP contribution in [0.5, 0.6) is 0 Å². The lowest BCUT2D eigenvalue weighted by atomic mass is 10.0. The molecule has 2 aromatic carbocycles. The van der Waals surface area contributed by atoms with Crippen LogP contribution in [-0.2, 0) is 17.1 Å². The number of hydrogen-bond acceptors (Lipinski definition) is 2. The van der Waals surface area contributed by atoms with Gasteiger partial charge in [0.25, 0.3) is 0 Å². The van der Waals surface area contributed by atoms with Crippen LogP contribution in [0, 0.1) is 11.8 Å². The Morgan fingerprint density at radius 2 is 1.55 bits per heavy atom. The summed E-state index contributed by atoms with van der Waals surface area (Å²) in [7, 11) is 1.54. The molecule has 9 heteroatoms. The van der Waals surface area contributed by atoms with Crippen molar-refractivity contribution in [3.8, 4) is 11.8 Å². The van der Waals surface area contributed by atoms with E-state index in [4.69, 9.17) is 5.11 Å². The molecule has 0 aliphatic heterocycles. The molecule has 0 aliphatic carbocycles. The molecule has 0 heterocycles. The van der Waals surface area contributed by atoms with Crippen molar-refractivity contribution in [3.63, 3.8) is 0 Å². The number of carboxylic acids is 1. The van der Waals surface area contributed by atoms with Gasteiger partial charge in [0, 0.05) is 17.7 Å². The fraction of sp³-hybridized carbons (Fsp3) is 0.227. The van der Waals surface area contributed by atoms with E-state index in [1.165, 1.54) is 4.90 Å². The first-order valence-electron chi connectivity index (χ1n) is 8.83. The van der Waals surface area contributed by atoms with Crippen molar-refractivity contribution in [1.82, 2.24) is 4.90 Å². The van der Waals surface area contributed by atoms with Gasteiger partial charge in [-0.05, 0) is 30.8 Å². The second-order valence-corrected chi connectivity index (χ2v) is 6.62. The Balaban J connectivity index is 2.49. The van der Waals surface area contributed by atoms with E-state index in [1.54, 1.807) is 43.5 Å². The van der Waals surface area contributed by atoms with E-state index in [2.05, 4.69) is 11.8 Å². The number of allylic oxidation sites excluding steroid dienone is 1. The Morgan fingerprint density at radius 3 is 2.03 bits per heavy atom. The number of benzene rings is 2. The van der Waals surface area contributed by atoms with Crippen molar-refractivity contribution in [1.29, 1.82) is 0 Å². The Labute approximate surface area is 174 Å². The Morgan fingerprint density at radius 1 is 1.00 bits per heavy atom. The van der Waals surface area contributed by atoms with E-state index in [1.807, 2.05) is 0 Å². The second-order valence-electron chi connectivity index (χ2n) is 6.62. The smallest absolute Gasteiger partial charge is 0.416 e. The number of nitrogens with zero attached hydrogens (tertiary/aromatic N) is 1. The lowest BCUT2D eigenvalue weighted by Crippen LogP contribution is -2.25. The number of carboxylic acid groups (broad SMARTS) is 1. The van der Waals surface area contributed by atoms with Gasteiger partial charge in [-0.25, -0.2) is 0 Å². The van der Waals surface area contributed by atoms with E-state index < -0.39 is 35.0 Å². The highest BCUT2D eigenvalue weighted by atomic mass is 19.4. The van der Waals surface area contributed by atoms with Crippen LogP contribution in [0.25, 0.3) is 5.57 Å². The average molecular weight is 441 g/mol. The van der Waals surface area contributed by atoms with Crippen LogP contribution in [-0.4, -0.2) is 36.1 Å². The normalized spacial score (nSPS) is 12.5. The predicted molar refractivity (Wildman–Crippen MR) is 103 cm³/mol. The van der Waals surface area contributed by atoms with Crippen molar-refractivity contribution >= 4 is 11.5 Å². The summed E-state index contributed by atoms with van der Waals surface area (Å²) in [5.41, 5.74) is -2.41. The summed E-state index contributed by atoms with van der Waals surface area (Å²) in [6, 6.07) is 9.61. The third-order valence-electron chi connectivity index (χ3n) is 4.03. The van der Waals surface area contributed by atoms with Gasteiger partial charge < -0.3 is 5.11 Å². The Bertz CT molecular complexity index is 982. The first-order valence-corrected chi connectivity index (χ1v) is 8.83. The Hall–Kier alpha value is -3.25. The van der Waals surface area contributed by atoms with Crippen molar-refractivity contribution < 1.29 is 36.2 Å². The molecule has 0 bridgehead atoms. The molecule has 0 saturated heterocycles. The van der Waals surface area contributed by atoms with Crippen LogP contribution in [0.3, 0.4) is 0 Å². The van der Waals surface area contributed by atoms with E-state index >= 15 is 0 Å². The summed E-state index contributed by atoms with van der Waals surface area (Å²) in [6.45, 7) is -0.101. The van der Waals surface area contributed by atoms with Crippen LogP contribution < -0.4 is 0 Å². The second kappa shape index (κ2) is 9.71. The first kappa shape index (κ1) is 24.0. The van der Waals surface area contributed by atoms with E-state index in [0.717, 1.165) is 0 Å². The highest BCUT2D eigenvalue weighted by Gasteiger charge is 2.36. The zero-order chi connectivity index (χ0) is 23.2. The van der Waals surface area contributed by atoms with Crippen molar-refractivity contribution in [2.45, 2.75) is 12.4 Å². The number of halogens is 6. The van der Waals surface area contributed by atoms with E-state index in [0.29, 0.717) is 23.3 Å². The molecule has 0 spiro atoms. The molecule has 0 amide bonds. The van der Waals surface area contributed by atoms with Crippen molar-refractivity contribution in [2.24, 2.45) is 0 Å². The predicted octanol–water partition coefficient (Wildman–Crippen LogP) is 5.18. The number of rotatable bonds is 5. The maximum absolute atomic E-state index is 13.0. The van der Waals surface area contributed by atoms with Gasteiger partial charge in [0.1, 0.15) is 0 Å². The van der Waals surface area contributed by atoms with Gasteiger partial charge in [0.15, 0.2) is 0 Å². The van der Waals surface area contributed by atoms with Gasteiger partial charge in [0.2, 0.25) is 0 Å². The number of likely N-dealkylation sites (N-methyl/N-ethyl adjacent to an activating group) is 1. The topological polar surface area (TPSA) is 40.5 Å². The molecule has 164 valence electrons. The fourth-order valence-corrected chi connectivity index (χ4v) is 2.57. The highest BCUT2D eigenvalue weighted by Crippen LogP contribution is 2.36. The summed E-state index contributed by atoms with van der Waals surface area (Å²) in [5.74, 6) is 3.95. The monoisotopic (exact) mass is 441 g/mol. The molecule has 0 fully saturated rings. The molecule has 0 radical (unpaired) electrons. The number of carbonyl (C=O) groups is 1. The molecule has 2 rings (SSSR count). The number of aliphatic carboxylic acids is 1. The third-order valence-corrected chi connectivity index (χ3v) is 4.03. The van der Waals surface area contributed by atoms with Crippen LogP contribution in [0.15, 0.2) is 54.6 Å². The molecular weight excluding hydrogens is 424 g/mol. The van der Waals surface area contributed by atoms with Gasteiger partial charge in [0.05, 0.1) is 17.7 Å². The highest BCUT2D eigenvalue weighted by molar-refractivity contribution is 5.80. The summed E-state index contributed by atoms with van der Waals surface area (Å²) in [6.07, 6.45) is -8.37. The zero-order valence-corrected chi connectivity index (χ0v) is 16.2. The van der Waals surface area contributed by atoms with Crippen LogP contribution >= 0.6 is 0 Å². The third kappa shape index (κ3) is 7.50. The lowest BCUT2D eigenvalue weighted by molar-refractivity contribution is -0.143. The average Bonchev–Trinajstić information content (AvgIpc) is 2.66. The Kier molecular flexibility index (Phi) is 7.52. The molecule has 0 aliphatic rings. The minimum Gasteiger partial charge on any atom is -0.480 e. The first-order chi connectivity index (χ1) is 14.4. The van der Waals surface area contributed by atoms with Gasteiger partial charge in [-0.2, -0.15) is 26.3 Å². The molecule has 31 heavy (non-hydrogen) atoms. The van der Waals surface area contributed by atoms with Crippen molar-refractivity contribution in [2.75, 3.05) is 20.1 Å². The van der Waals surface area contributed by atoms with Gasteiger partial charge in [-0.3, -0.25) is 9.69 Å². The van der Waals surface area contributed by atoms with E-state index in [-0.39, 0.29) is 19.2 Å². The fourth-order valence-electron chi connectivity index (χ4n) is 2.57. The van der Waals surface area contributed by atoms with Crippen LogP contribution in [0.1, 0.15) is 22.3 Å². The summed E-state index contributed by atoms with van der Waals surface area (Å²) in [4.78, 5) is 12.2. The molecule has 0 unspecified atom stereocenters. The molecule has 2 aromatic rings. The molecule has 0 aromatic heterocycles. The molecule has 3 nitrogen and oxygen atoms in total.